The Balaban J connectivity index is 1.94. The monoisotopic (exact) mass is 486 g/mol. The van der Waals surface area contributed by atoms with Crippen molar-refractivity contribution in [3.05, 3.63) is 50.3 Å². The maximum Gasteiger partial charge on any atom is 0.297 e. The molecule has 1 aliphatic heterocycles. The summed E-state index contributed by atoms with van der Waals surface area (Å²) in [5.74, 6) is -1.42. The number of aromatic nitrogens is 2. The zero-order valence-corrected chi connectivity index (χ0v) is 18.4. The second kappa shape index (κ2) is 8.34. The van der Waals surface area contributed by atoms with E-state index >= 15 is 0 Å². The Hall–Kier alpha value is -2.08. The zero-order valence-electron chi connectivity index (χ0n) is 16.0. The topological polar surface area (TPSA) is 128 Å². The number of hydrogen-bond donors (Lipinski definition) is 4. The molecule has 11 heteroatoms. The van der Waals surface area contributed by atoms with Crippen LogP contribution >= 0.6 is 26.7 Å². The third-order valence-electron chi connectivity index (χ3n) is 4.78. The average Bonchev–Trinajstić information content (AvgIpc) is 2.67. The van der Waals surface area contributed by atoms with E-state index in [-0.39, 0.29) is 18.2 Å². The fraction of sp³-hybridized carbons (Fsp3) is 0.389. The lowest BCUT2D eigenvalue weighted by molar-refractivity contribution is 0.0931. The molecule has 0 spiro atoms. The molecular weight excluding hydrogens is 464 g/mol. The number of carbonyl (C=O) groups is 1. The van der Waals surface area contributed by atoms with Crippen LogP contribution in [0.2, 0.25) is 0 Å². The number of halogens is 1. The molecule has 1 saturated heterocycles. The van der Waals surface area contributed by atoms with E-state index in [0.717, 1.165) is 14.6 Å². The smallest absolute Gasteiger partial charge is 0.297 e. The molecule has 0 bridgehead atoms. The highest BCUT2D eigenvalue weighted by Gasteiger charge is 2.32. The van der Waals surface area contributed by atoms with Gasteiger partial charge < -0.3 is 10.4 Å². The van der Waals surface area contributed by atoms with Gasteiger partial charge in [0.15, 0.2) is 5.69 Å². The van der Waals surface area contributed by atoms with E-state index in [1.54, 1.807) is 6.92 Å². The van der Waals surface area contributed by atoms with Gasteiger partial charge in [0, 0.05) is 18.1 Å². The van der Waals surface area contributed by atoms with E-state index in [4.69, 9.17) is 0 Å². The lowest BCUT2D eigenvalue weighted by atomic mass is 10.1. The Morgan fingerprint density at radius 2 is 1.93 bits per heavy atom. The molecule has 9 nitrogen and oxygen atoms in total. The number of rotatable bonds is 4. The summed E-state index contributed by atoms with van der Waals surface area (Å²) in [6.07, 6.45) is 1.33. The highest BCUT2D eigenvalue weighted by atomic mass is 79.9. The van der Waals surface area contributed by atoms with Crippen LogP contribution in [0, 0.1) is 0 Å². The summed E-state index contributed by atoms with van der Waals surface area (Å²) in [5, 5.41) is 12.9. The molecule has 4 N–H and O–H groups in total. The van der Waals surface area contributed by atoms with Gasteiger partial charge in [0.05, 0.1) is 11.8 Å². The summed E-state index contributed by atoms with van der Waals surface area (Å²) in [6.45, 7) is 2.05. The van der Waals surface area contributed by atoms with Gasteiger partial charge in [0.2, 0.25) is 11.7 Å². The Morgan fingerprint density at radius 1 is 1.28 bits per heavy atom. The summed E-state index contributed by atoms with van der Waals surface area (Å²) in [4.78, 5) is 29.3. The maximum absolute atomic E-state index is 12.7. The first-order valence-corrected chi connectivity index (χ1v) is 11.5. The number of nitrogens with one attached hydrogen (secondary N) is 1. The third kappa shape index (κ3) is 4.42. The Morgan fingerprint density at radius 3 is 2.55 bits per heavy atom. The van der Waals surface area contributed by atoms with Crippen molar-refractivity contribution in [2.24, 2.45) is 7.05 Å². The van der Waals surface area contributed by atoms with Gasteiger partial charge in [-0.3, -0.25) is 23.3 Å². The Kier molecular flexibility index (Phi) is 6.22. The predicted octanol–water partition coefficient (Wildman–Crippen LogP) is 3.01. The van der Waals surface area contributed by atoms with Crippen molar-refractivity contribution in [1.29, 1.82) is 0 Å². The van der Waals surface area contributed by atoms with Crippen molar-refractivity contribution in [2.45, 2.75) is 25.8 Å². The largest absolute Gasteiger partial charge is 0.501 e. The molecule has 1 aromatic heterocycles. The van der Waals surface area contributed by atoms with Crippen LogP contribution in [0.15, 0.2) is 33.5 Å². The number of hydrogen-bond acceptors (Lipinski definition) is 7. The molecule has 0 aliphatic carbocycles. The van der Waals surface area contributed by atoms with Gasteiger partial charge in [0.1, 0.15) is 0 Å². The second-order valence-electron chi connectivity index (χ2n) is 6.87. The SMILES string of the molecule is CC(NC(=O)c1nc(N2CCCCS2(O)O)n(C)c(=O)c1O)c1ccc(Br)cc1. The van der Waals surface area contributed by atoms with E-state index in [1.807, 2.05) is 24.3 Å². The summed E-state index contributed by atoms with van der Waals surface area (Å²) in [5.41, 5.74) is -0.458. The molecule has 1 aromatic carbocycles. The van der Waals surface area contributed by atoms with E-state index in [9.17, 15) is 23.8 Å². The van der Waals surface area contributed by atoms with Gasteiger partial charge in [-0.2, -0.15) is 0 Å². The van der Waals surface area contributed by atoms with Gasteiger partial charge in [0.25, 0.3) is 11.5 Å². The lowest BCUT2D eigenvalue weighted by Crippen LogP contribution is -2.40. The average molecular weight is 487 g/mol. The Labute approximate surface area is 178 Å². The summed E-state index contributed by atoms with van der Waals surface area (Å²) < 4.78 is 23.9. The van der Waals surface area contributed by atoms with Crippen LogP contribution in [0.3, 0.4) is 0 Å². The Bertz CT molecular complexity index is 979. The van der Waals surface area contributed by atoms with E-state index < -0.39 is 39.7 Å². The summed E-state index contributed by atoms with van der Waals surface area (Å²) >= 11 is 3.35. The highest BCUT2D eigenvalue weighted by Crippen LogP contribution is 2.48. The minimum absolute atomic E-state index is 0.0612. The van der Waals surface area contributed by atoms with Crippen LogP contribution in [-0.4, -0.2) is 42.0 Å². The first-order chi connectivity index (χ1) is 13.6. The van der Waals surface area contributed by atoms with E-state index in [1.165, 1.54) is 11.4 Å². The minimum atomic E-state index is -3.15. The van der Waals surface area contributed by atoms with Gasteiger partial charge in [-0.1, -0.05) is 28.1 Å². The van der Waals surface area contributed by atoms with Crippen molar-refractivity contribution in [2.75, 3.05) is 16.6 Å². The van der Waals surface area contributed by atoms with Gasteiger partial charge in [-0.05, 0) is 37.5 Å². The predicted molar refractivity (Wildman–Crippen MR) is 115 cm³/mol. The van der Waals surface area contributed by atoms with E-state index in [2.05, 4.69) is 26.2 Å². The van der Waals surface area contributed by atoms with Crippen LogP contribution in [0.1, 0.15) is 41.9 Å². The first kappa shape index (κ1) is 21.6. The molecule has 1 fully saturated rings. The van der Waals surface area contributed by atoms with Crippen molar-refractivity contribution in [1.82, 2.24) is 14.9 Å². The molecular formula is C18H23BrN4O5S. The first-order valence-electron chi connectivity index (χ1n) is 9.01. The molecule has 2 aromatic rings. The second-order valence-corrected chi connectivity index (χ2v) is 9.89. The number of anilines is 1. The molecule has 29 heavy (non-hydrogen) atoms. The summed E-state index contributed by atoms with van der Waals surface area (Å²) in [6, 6.07) is 6.94. The number of carbonyl (C=O) groups excluding carboxylic acids is 1. The third-order valence-corrected chi connectivity index (χ3v) is 7.20. The quantitative estimate of drug-likeness (QED) is 0.522. The minimum Gasteiger partial charge on any atom is -0.501 e. The molecule has 0 saturated carbocycles. The van der Waals surface area contributed by atoms with Crippen molar-refractivity contribution < 1.29 is 19.0 Å². The molecule has 3 rings (SSSR count). The van der Waals surface area contributed by atoms with Gasteiger partial charge in [-0.15, -0.1) is 10.8 Å². The van der Waals surface area contributed by atoms with Crippen molar-refractivity contribution >= 4 is 38.6 Å². The molecule has 1 unspecified atom stereocenters. The number of aromatic hydroxyl groups is 1. The molecule has 1 atom stereocenters. The van der Waals surface area contributed by atoms with Crippen molar-refractivity contribution in [3.63, 3.8) is 0 Å². The number of amides is 1. The lowest BCUT2D eigenvalue weighted by Gasteiger charge is -2.46. The summed E-state index contributed by atoms with van der Waals surface area (Å²) in [7, 11) is -1.79. The maximum atomic E-state index is 12.7. The molecule has 1 aliphatic rings. The molecule has 2 heterocycles. The molecule has 1 amide bonds. The van der Waals surface area contributed by atoms with Crippen LogP contribution < -0.4 is 15.2 Å². The van der Waals surface area contributed by atoms with Crippen LogP contribution in [-0.2, 0) is 7.05 Å². The van der Waals surface area contributed by atoms with Crippen LogP contribution in [0.4, 0.5) is 5.95 Å². The van der Waals surface area contributed by atoms with Crippen molar-refractivity contribution in [3.8, 4) is 5.75 Å². The standard InChI is InChI=1S/C18H23BrN4O5S/c1-11(12-5-7-13(19)8-6-12)20-16(25)14-15(24)17(26)22(2)18(21-14)23-9-3-4-10-29(23,27)28/h5-8,11,24,27-28H,3-4,9-10H2,1-2H3,(H,20,25). The highest BCUT2D eigenvalue weighted by molar-refractivity contribution is 9.10. The fourth-order valence-electron chi connectivity index (χ4n) is 3.10. The van der Waals surface area contributed by atoms with Crippen LogP contribution in [0.5, 0.6) is 5.75 Å². The fourth-order valence-corrected chi connectivity index (χ4v) is 5.02. The number of nitrogens with zero attached hydrogens (tertiary/aromatic N) is 3. The zero-order chi connectivity index (χ0) is 21.3. The van der Waals surface area contributed by atoms with Gasteiger partial charge in [-0.25, -0.2) is 9.29 Å². The van der Waals surface area contributed by atoms with Gasteiger partial charge >= 0.3 is 0 Å². The van der Waals surface area contributed by atoms with Crippen LogP contribution in [0.25, 0.3) is 0 Å². The number of benzene rings is 1. The van der Waals surface area contributed by atoms with E-state index in [0.29, 0.717) is 12.8 Å². The molecule has 158 valence electrons. The normalized spacial score (nSPS) is 18.2. The molecule has 0 radical (unpaired) electrons.